The number of hydrazone groups is 1. The van der Waals surface area contributed by atoms with Gasteiger partial charge in [0.15, 0.2) is 18.1 Å². The van der Waals surface area contributed by atoms with Gasteiger partial charge in [-0.05, 0) is 67.4 Å². The van der Waals surface area contributed by atoms with E-state index in [0.717, 1.165) is 5.56 Å². The van der Waals surface area contributed by atoms with Crippen molar-refractivity contribution in [3.05, 3.63) is 87.4 Å². The number of anilines is 1. The maximum atomic E-state index is 12.3. The van der Waals surface area contributed by atoms with Crippen LogP contribution in [0.3, 0.4) is 0 Å². The zero-order chi connectivity index (χ0) is 24.5. The summed E-state index contributed by atoms with van der Waals surface area (Å²) in [4.78, 5) is 24.5. The number of carbonyl (C=O) groups excluding carboxylic acids is 2. The van der Waals surface area contributed by atoms with E-state index in [2.05, 4.69) is 15.8 Å². The molecule has 9 heteroatoms. The van der Waals surface area contributed by atoms with E-state index < -0.39 is 0 Å². The van der Waals surface area contributed by atoms with Crippen molar-refractivity contribution in [2.75, 3.05) is 18.5 Å². The number of nitrogens with one attached hydrogen (secondary N) is 2. The van der Waals surface area contributed by atoms with Gasteiger partial charge in [-0.15, -0.1) is 0 Å². The quantitative estimate of drug-likeness (QED) is 0.301. The largest absolute Gasteiger partial charge is 0.490 e. The first kappa shape index (κ1) is 25.1. The number of hydrogen-bond acceptors (Lipinski definition) is 5. The summed E-state index contributed by atoms with van der Waals surface area (Å²) in [5.41, 5.74) is 5.08. The molecule has 0 atom stereocenters. The third kappa shape index (κ3) is 6.97. The SMILES string of the molecule is CCOc1cc(/C=N/NC(=O)c2ccc(Cl)cc2)cc(Cl)c1OCC(=O)Nc1ccccc1C. The monoisotopic (exact) mass is 499 g/mol. The molecule has 176 valence electrons. The minimum absolute atomic E-state index is 0.236. The van der Waals surface area contributed by atoms with Crippen LogP contribution in [0.2, 0.25) is 10.0 Å². The van der Waals surface area contributed by atoms with Gasteiger partial charge in [-0.2, -0.15) is 5.10 Å². The van der Waals surface area contributed by atoms with Gasteiger partial charge >= 0.3 is 0 Å². The molecule has 0 fully saturated rings. The number of amides is 2. The first-order chi connectivity index (χ1) is 16.4. The van der Waals surface area contributed by atoms with Crippen molar-refractivity contribution in [3.63, 3.8) is 0 Å². The summed E-state index contributed by atoms with van der Waals surface area (Å²) in [6.07, 6.45) is 1.43. The standard InChI is InChI=1S/C25H23Cl2N3O4/c1-3-33-22-13-17(14-28-30-25(32)18-8-10-19(26)11-9-18)12-20(27)24(22)34-15-23(31)29-21-7-5-4-6-16(21)2/h4-14H,3,15H2,1-2H3,(H,29,31)(H,30,32)/b28-14+. The van der Waals surface area contributed by atoms with Gasteiger partial charge in [0.2, 0.25) is 0 Å². The Morgan fingerprint density at radius 1 is 1.03 bits per heavy atom. The number of benzene rings is 3. The van der Waals surface area contributed by atoms with Crippen LogP contribution in [0.25, 0.3) is 0 Å². The van der Waals surface area contributed by atoms with Crippen LogP contribution in [0, 0.1) is 6.92 Å². The Hall–Kier alpha value is -3.55. The molecule has 2 N–H and O–H groups in total. The Kier molecular flexibility index (Phi) is 8.90. The molecule has 0 bridgehead atoms. The fourth-order valence-electron chi connectivity index (χ4n) is 2.93. The van der Waals surface area contributed by atoms with E-state index in [-0.39, 0.29) is 29.2 Å². The molecule has 3 aromatic rings. The second-order valence-corrected chi connectivity index (χ2v) is 7.96. The first-order valence-electron chi connectivity index (χ1n) is 10.4. The third-order valence-electron chi connectivity index (χ3n) is 4.58. The van der Waals surface area contributed by atoms with Crippen molar-refractivity contribution >= 4 is 46.9 Å². The predicted molar refractivity (Wildman–Crippen MR) is 134 cm³/mol. The molecule has 0 radical (unpaired) electrons. The van der Waals surface area contributed by atoms with E-state index in [1.54, 1.807) is 36.4 Å². The van der Waals surface area contributed by atoms with E-state index in [9.17, 15) is 9.59 Å². The van der Waals surface area contributed by atoms with Crippen LogP contribution in [0.1, 0.15) is 28.4 Å². The van der Waals surface area contributed by atoms with Crippen LogP contribution in [0.4, 0.5) is 5.69 Å². The Morgan fingerprint density at radius 2 is 1.76 bits per heavy atom. The molecule has 0 saturated carbocycles. The van der Waals surface area contributed by atoms with E-state index >= 15 is 0 Å². The van der Waals surface area contributed by atoms with E-state index in [4.69, 9.17) is 32.7 Å². The lowest BCUT2D eigenvalue weighted by atomic mass is 10.2. The van der Waals surface area contributed by atoms with E-state index in [1.165, 1.54) is 6.21 Å². The van der Waals surface area contributed by atoms with Gasteiger partial charge in [-0.3, -0.25) is 9.59 Å². The van der Waals surface area contributed by atoms with Gasteiger partial charge in [-0.1, -0.05) is 41.4 Å². The number of ether oxygens (including phenoxy) is 2. The van der Waals surface area contributed by atoms with Crippen LogP contribution in [-0.2, 0) is 4.79 Å². The molecule has 0 unspecified atom stereocenters. The summed E-state index contributed by atoms with van der Waals surface area (Å²) in [6.45, 7) is 3.82. The molecule has 2 amide bonds. The maximum absolute atomic E-state index is 12.3. The summed E-state index contributed by atoms with van der Waals surface area (Å²) in [7, 11) is 0. The van der Waals surface area contributed by atoms with Crippen LogP contribution < -0.4 is 20.2 Å². The Labute approximate surface area is 207 Å². The summed E-state index contributed by atoms with van der Waals surface area (Å²) in [5.74, 6) is -0.123. The van der Waals surface area contributed by atoms with Crippen molar-refractivity contribution in [1.82, 2.24) is 5.43 Å². The molecule has 3 aromatic carbocycles. The second kappa shape index (κ2) is 12.1. The molecule has 0 spiro atoms. The fraction of sp³-hybridized carbons (Fsp3) is 0.160. The number of halogens is 2. The zero-order valence-electron chi connectivity index (χ0n) is 18.6. The summed E-state index contributed by atoms with van der Waals surface area (Å²) in [6, 6.07) is 17.1. The second-order valence-electron chi connectivity index (χ2n) is 7.12. The number of nitrogens with zero attached hydrogens (tertiary/aromatic N) is 1. The molecule has 7 nitrogen and oxygen atoms in total. The first-order valence-corrected chi connectivity index (χ1v) is 11.2. The van der Waals surface area contributed by atoms with Gasteiger partial charge in [0, 0.05) is 16.3 Å². The van der Waals surface area contributed by atoms with Crippen molar-refractivity contribution < 1.29 is 19.1 Å². The van der Waals surface area contributed by atoms with Crippen molar-refractivity contribution in [2.24, 2.45) is 5.10 Å². The van der Waals surface area contributed by atoms with Gasteiger partial charge in [-0.25, -0.2) is 5.43 Å². The molecule has 0 aromatic heterocycles. The number of rotatable bonds is 9. The smallest absolute Gasteiger partial charge is 0.271 e. The number of aryl methyl sites for hydroxylation is 1. The van der Waals surface area contributed by atoms with Gasteiger partial charge in [0.05, 0.1) is 17.8 Å². The molecule has 3 rings (SSSR count). The Balaban J connectivity index is 1.66. The summed E-state index contributed by atoms with van der Waals surface area (Å²) >= 11 is 12.2. The highest BCUT2D eigenvalue weighted by atomic mass is 35.5. The normalized spacial score (nSPS) is 10.7. The molecule has 0 aliphatic carbocycles. The van der Waals surface area contributed by atoms with Crippen LogP contribution >= 0.6 is 23.2 Å². The Morgan fingerprint density at radius 3 is 2.47 bits per heavy atom. The molecule has 0 aliphatic rings. The van der Waals surface area contributed by atoms with Crippen molar-refractivity contribution in [3.8, 4) is 11.5 Å². The van der Waals surface area contributed by atoms with Gasteiger partial charge in [0.1, 0.15) is 0 Å². The van der Waals surface area contributed by atoms with Gasteiger partial charge in [0.25, 0.3) is 11.8 Å². The summed E-state index contributed by atoms with van der Waals surface area (Å²) < 4.78 is 11.3. The lowest BCUT2D eigenvalue weighted by molar-refractivity contribution is -0.118. The maximum Gasteiger partial charge on any atom is 0.271 e. The minimum Gasteiger partial charge on any atom is -0.490 e. The molecule has 0 saturated heterocycles. The van der Waals surface area contributed by atoms with Crippen LogP contribution in [0.5, 0.6) is 11.5 Å². The lowest BCUT2D eigenvalue weighted by Gasteiger charge is -2.15. The van der Waals surface area contributed by atoms with E-state index in [1.807, 2.05) is 38.1 Å². The van der Waals surface area contributed by atoms with Crippen LogP contribution in [0.15, 0.2) is 65.8 Å². The average Bonchev–Trinajstić information content (AvgIpc) is 2.80. The Bertz CT molecular complexity index is 1200. The van der Waals surface area contributed by atoms with Crippen LogP contribution in [-0.4, -0.2) is 31.2 Å². The van der Waals surface area contributed by atoms with E-state index in [0.29, 0.717) is 34.2 Å². The highest BCUT2D eigenvalue weighted by Crippen LogP contribution is 2.36. The molecular weight excluding hydrogens is 477 g/mol. The molecular formula is C25H23Cl2N3O4. The van der Waals surface area contributed by atoms with Crippen molar-refractivity contribution in [2.45, 2.75) is 13.8 Å². The fourth-order valence-corrected chi connectivity index (χ4v) is 3.33. The highest BCUT2D eigenvalue weighted by molar-refractivity contribution is 6.32. The molecule has 34 heavy (non-hydrogen) atoms. The summed E-state index contributed by atoms with van der Waals surface area (Å²) in [5, 5.41) is 7.54. The predicted octanol–water partition coefficient (Wildman–Crippen LogP) is 5.48. The van der Waals surface area contributed by atoms with Crippen molar-refractivity contribution in [1.29, 1.82) is 0 Å². The average molecular weight is 500 g/mol. The zero-order valence-corrected chi connectivity index (χ0v) is 20.1. The topological polar surface area (TPSA) is 89.0 Å². The highest BCUT2D eigenvalue weighted by Gasteiger charge is 2.15. The number of hydrogen-bond donors (Lipinski definition) is 2. The third-order valence-corrected chi connectivity index (χ3v) is 5.12. The number of para-hydroxylation sites is 1. The molecule has 0 heterocycles. The molecule has 0 aliphatic heterocycles. The number of carbonyl (C=O) groups is 2. The lowest BCUT2D eigenvalue weighted by Crippen LogP contribution is -2.21. The van der Waals surface area contributed by atoms with Gasteiger partial charge < -0.3 is 14.8 Å². The minimum atomic E-state index is -0.385.